The monoisotopic (exact) mass is 232 g/mol. The summed E-state index contributed by atoms with van der Waals surface area (Å²) in [5, 5.41) is 1.37. The number of hydrogen-bond acceptors (Lipinski definition) is 2. The standard InChI is InChI=1S/C9H19.Li.H2O4S/c1-3-5-7-9-8-6-4-2;;1-5(2,3)4/h1,3-9H2,2H3;;(H2,1,2,3,4). The molecule has 0 aliphatic rings. The third-order valence-corrected chi connectivity index (χ3v) is 1.96. The van der Waals surface area contributed by atoms with Gasteiger partial charge in [0.1, 0.15) is 0 Å². The van der Waals surface area contributed by atoms with Crippen LogP contribution in [0.15, 0.2) is 0 Å². The molecular weight excluding hydrogens is 211 g/mol. The normalized spacial score (nSPS) is 10.7. The molecule has 0 aromatic carbocycles. The quantitative estimate of drug-likeness (QED) is 0.402. The van der Waals surface area contributed by atoms with Crippen molar-refractivity contribution in [2.75, 3.05) is 0 Å². The van der Waals surface area contributed by atoms with Crippen molar-refractivity contribution >= 4 is 28.1 Å². The Labute approximate surface area is 103 Å². The van der Waals surface area contributed by atoms with Gasteiger partial charge in [0.2, 0.25) is 0 Å². The molecule has 0 aromatic heterocycles. The Kier molecular flexibility index (Phi) is 14.9. The van der Waals surface area contributed by atoms with Crippen molar-refractivity contribution in [3.63, 3.8) is 0 Å². The fourth-order valence-electron chi connectivity index (χ4n) is 1.21. The van der Waals surface area contributed by atoms with Gasteiger partial charge in [-0.1, -0.05) is 0 Å². The van der Waals surface area contributed by atoms with Crippen LogP contribution in [0.4, 0.5) is 0 Å². The average molecular weight is 232 g/mol. The first-order valence-corrected chi connectivity index (χ1v) is 7.01. The summed E-state index contributed by atoms with van der Waals surface area (Å²) in [7, 11) is -4.67. The van der Waals surface area contributed by atoms with Gasteiger partial charge in [-0.2, -0.15) is 8.42 Å². The van der Waals surface area contributed by atoms with E-state index in [1.54, 1.807) is 0 Å². The minimum atomic E-state index is -4.67. The Morgan fingerprint density at radius 2 is 1.27 bits per heavy atom. The summed E-state index contributed by atoms with van der Waals surface area (Å²) >= 11 is 2.27. The zero-order valence-electron chi connectivity index (χ0n) is 9.78. The van der Waals surface area contributed by atoms with E-state index < -0.39 is 10.4 Å². The van der Waals surface area contributed by atoms with Gasteiger partial charge in [0.15, 0.2) is 0 Å². The molecule has 88 valence electrons. The van der Waals surface area contributed by atoms with Gasteiger partial charge in [-0.25, -0.2) is 0 Å². The first-order chi connectivity index (χ1) is 6.91. The summed E-state index contributed by atoms with van der Waals surface area (Å²) in [5.41, 5.74) is 0. The molecule has 0 fully saturated rings. The molecule has 0 saturated carbocycles. The van der Waals surface area contributed by atoms with E-state index in [0.717, 1.165) is 0 Å². The van der Waals surface area contributed by atoms with Gasteiger partial charge in [0.05, 0.1) is 0 Å². The van der Waals surface area contributed by atoms with Gasteiger partial charge in [-0.15, -0.1) is 0 Å². The predicted molar refractivity (Wildman–Crippen MR) is 62.7 cm³/mol. The second-order valence-electron chi connectivity index (χ2n) is 3.57. The van der Waals surface area contributed by atoms with E-state index >= 15 is 0 Å². The van der Waals surface area contributed by atoms with E-state index in [9.17, 15) is 0 Å². The van der Waals surface area contributed by atoms with Gasteiger partial charge in [0.25, 0.3) is 0 Å². The Morgan fingerprint density at radius 3 is 1.60 bits per heavy atom. The van der Waals surface area contributed by atoms with Gasteiger partial charge in [0, 0.05) is 0 Å². The van der Waals surface area contributed by atoms with Crippen LogP contribution in [0.1, 0.15) is 51.9 Å². The first kappa shape index (κ1) is 17.8. The van der Waals surface area contributed by atoms with Crippen LogP contribution in [0.2, 0.25) is 5.09 Å². The molecule has 0 aliphatic carbocycles. The Balaban J connectivity index is 0. The first-order valence-electron chi connectivity index (χ1n) is 5.61. The molecule has 0 heterocycles. The summed E-state index contributed by atoms with van der Waals surface area (Å²) in [4.78, 5) is 0. The van der Waals surface area contributed by atoms with Gasteiger partial charge < -0.3 is 0 Å². The van der Waals surface area contributed by atoms with Gasteiger partial charge in [-0.3, -0.25) is 9.11 Å². The van der Waals surface area contributed by atoms with E-state index in [4.69, 9.17) is 17.5 Å². The Hall–Kier alpha value is 0.467. The molecule has 0 aliphatic heterocycles. The second-order valence-corrected chi connectivity index (χ2v) is 4.46. The van der Waals surface area contributed by atoms with Crippen molar-refractivity contribution < 1.29 is 17.5 Å². The molecule has 15 heavy (non-hydrogen) atoms. The minimum absolute atomic E-state index is 1.37. The van der Waals surface area contributed by atoms with E-state index in [1.165, 1.54) is 50.0 Å². The van der Waals surface area contributed by atoms with Crippen LogP contribution in [0.25, 0.3) is 0 Å². The summed E-state index contributed by atoms with van der Waals surface area (Å²) in [5.74, 6) is 0. The van der Waals surface area contributed by atoms with E-state index in [0.29, 0.717) is 0 Å². The predicted octanol–water partition coefficient (Wildman–Crippen LogP) is 2.67. The average Bonchev–Trinajstić information content (AvgIpc) is 2.08. The third kappa shape index (κ3) is 40.3. The summed E-state index contributed by atoms with van der Waals surface area (Å²) in [6.07, 6.45) is 10.1. The summed E-state index contributed by atoms with van der Waals surface area (Å²) in [6, 6.07) is 0. The molecule has 0 radical (unpaired) electrons. The maximum atomic E-state index is 8.74. The van der Waals surface area contributed by atoms with E-state index in [2.05, 4.69) is 24.6 Å². The van der Waals surface area contributed by atoms with Crippen molar-refractivity contribution in [2.45, 2.75) is 57.0 Å². The van der Waals surface area contributed by atoms with Crippen LogP contribution in [0.5, 0.6) is 0 Å². The van der Waals surface area contributed by atoms with Crippen molar-refractivity contribution in [3.8, 4) is 0 Å². The van der Waals surface area contributed by atoms with Crippen LogP contribution >= 0.6 is 0 Å². The number of unbranched alkanes of at least 4 members (excludes halogenated alkanes) is 6. The molecule has 4 nitrogen and oxygen atoms in total. The second kappa shape index (κ2) is 12.5. The van der Waals surface area contributed by atoms with Gasteiger partial charge in [-0.05, 0) is 0 Å². The molecule has 2 N–H and O–H groups in total. The fourth-order valence-corrected chi connectivity index (χ4v) is 1.21. The van der Waals surface area contributed by atoms with Crippen LogP contribution < -0.4 is 0 Å². The Morgan fingerprint density at radius 1 is 0.933 bits per heavy atom. The van der Waals surface area contributed by atoms with Crippen molar-refractivity contribution in [1.82, 2.24) is 0 Å². The molecule has 0 unspecified atom stereocenters. The zero-order chi connectivity index (χ0) is 12.2. The van der Waals surface area contributed by atoms with Crippen molar-refractivity contribution in [3.05, 3.63) is 0 Å². The molecule has 0 rings (SSSR count). The van der Waals surface area contributed by atoms with Gasteiger partial charge >= 0.3 is 85.1 Å². The molecule has 0 spiro atoms. The molecular formula is C9H21LiO4S. The zero-order valence-corrected chi connectivity index (χ0v) is 10.6. The molecule has 6 heteroatoms. The third-order valence-electron chi connectivity index (χ3n) is 1.96. The van der Waals surface area contributed by atoms with Crippen LogP contribution in [0, 0.1) is 0 Å². The Bertz CT molecular complexity index is 188. The summed E-state index contributed by atoms with van der Waals surface area (Å²) < 4.78 is 31.6. The molecule has 0 atom stereocenters. The molecule has 0 bridgehead atoms. The van der Waals surface area contributed by atoms with E-state index in [1.807, 2.05) is 0 Å². The van der Waals surface area contributed by atoms with Crippen molar-refractivity contribution in [1.29, 1.82) is 0 Å². The number of rotatable bonds is 7. The molecule has 0 amide bonds. The van der Waals surface area contributed by atoms with Crippen molar-refractivity contribution in [2.24, 2.45) is 0 Å². The fraction of sp³-hybridized carbons (Fsp3) is 1.00. The van der Waals surface area contributed by atoms with E-state index in [-0.39, 0.29) is 0 Å². The molecule has 0 aromatic rings. The van der Waals surface area contributed by atoms with Crippen LogP contribution in [-0.4, -0.2) is 35.2 Å². The van der Waals surface area contributed by atoms with Crippen LogP contribution in [-0.2, 0) is 10.4 Å². The summed E-state index contributed by atoms with van der Waals surface area (Å²) in [6.45, 7) is 2.27. The SMILES string of the molecule is O=S(=O)(O)O.[Li][CH2]CCCCCCCC. The topological polar surface area (TPSA) is 74.6 Å². The molecule has 0 saturated heterocycles. The maximum absolute atomic E-state index is 8.74. The number of hydrogen-bond donors (Lipinski definition) is 2. The van der Waals surface area contributed by atoms with Crippen LogP contribution in [0.3, 0.4) is 0 Å².